The molecule has 2 aliphatic rings. The van der Waals surface area contributed by atoms with Crippen LogP contribution in [0.3, 0.4) is 0 Å². The number of hydrogen-bond donors (Lipinski definition) is 0. The lowest BCUT2D eigenvalue weighted by Crippen LogP contribution is -2.05. The summed E-state index contributed by atoms with van der Waals surface area (Å²) >= 11 is 0. The van der Waals surface area contributed by atoms with Gasteiger partial charge in [0, 0.05) is 18.4 Å². The summed E-state index contributed by atoms with van der Waals surface area (Å²) in [5, 5.41) is 0. The van der Waals surface area contributed by atoms with Gasteiger partial charge < -0.3 is 9.47 Å². The van der Waals surface area contributed by atoms with Gasteiger partial charge >= 0.3 is 0 Å². The fourth-order valence-electron chi connectivity index (χ4n) is 2.33. The Balaban J connectivity index is 1.94. The number of hydrogen-bond acceptors (Lipinski definition) is 3. The molecule has 0 saturated carbocycles. The van der Waals surface area contributed by atoms with E-state index in [1.807, 2.05) is 6.07 Å². The molecule has 3 heteroatoms. The first-order valence-electron chi connectivity index (χ1n) is 6.26. The molecular formula is C15H16O3. The monoisotopic (exact) mass is 244 g/mol. The summed E-state index contributed by atoms with van der Waals surface area (Å²) in [5.41, 5.74) is 3.88. The molecule has 2 atom stereocenters. The number of aldehydes is 1. The molecule has 0 bridgehead atoms. The summed E-state index contributed by atoms with van der Waals surface area (Å²) in [7, 11) is 0. The van der Waals surface area contributed by atoms with E-state index < -0.39 is 0 Å². The van der Waals surface area contributed by atoms with Crippen molar-refractivity contribution in [2.24, 2.45) is 0 Å². The third-order valence-corrected chi connectivity index (χ3v) is 3.40. The number of allylic oxidation sites excluding steroid dienone is 1. The zero-order valence-electron chi connectivity index (χ0n) is 10.2. The van der Waals surface area contributed by atoms with Gasteiger partial charge in [0.1, 0.15) is 6.29 Å². The molecule has 1 aromatic carbocycles. The highest BCUT2D eigenvalue weighted by molar-refractivity contribution is 6.07. The van der Waals surface area contributed by atoms with Crippen LogP contribution in [0.2, 0.25) is 0 Å². The van der Waals surface area contributed by atoms with E-state index in [9.17, 15) is 4.79 Å². The molecule has 0 aliphatic carbocycles. The molecular weight excluding hydrogens is 228 g/mol. The van der Waals surface area contributed by atoms with Crippen LogP contribution in [0.25, 0.3) is 5.57 Å². The van der Waals surface area contributed by atoms with Crippen LogP contribution in [0, 0.1) is 0 Å². The van der Waals surface area contributed by atoms with Crippen LogP contribution in [-0.4, -0.2) is 31.7 Å². The maximum Gasteiger partial charge on any atom is 0.150 e. The van der Waals surface area contributed by atoms with Crippen molar-refractivity contribution in [3.63, 3.8) is 0 Å². The minimum absolute atomic E-state index is 0.315. The van der Waals surface area contributed by atoms with Gasteiger partial charge in [-0.1, -0.05) is 24.8 Å². The van der Waals surface area contributed by atoms with Crippen molar-refractivity contribution in [1.29, 1.82) is 0 Å². The highest BCUT2D eigenvalue weighted by Gasteiger charge is 2.27. The molecule has 2 aliphatic heterocycles. The number of rotatable bonds is 6. The van der Waals surface area contributed by atoms with Gasteiger partial charge in [0.25, 0.3) is 0 Å². The number of epoxide rings is 2. The molecule has 3 nitrogen and oxygen atoms in total. The Kier molecular flexibility index (Phi) is 3.02. The standard InChI is InChI=1S/C15H16O3/c1-10(7-16)15-11(5-13-8-17-13)3-2-4-12(15)6-14-9-18-14/h2-4,7,13-14H,1,5-6,8-9H2. The molecule has 0 aromatic heterocycles. The molecule has 2 fully saturated rings. The first-order chi connectivity index (χ1) is 8.78. The highest BCUT2D eigenvalue weighted by Crippen LogP contribution is 2.28. The predicted molar refractivity (Wildman–Crippen MR) is 68.4 cm³/mol. The predicted octanol–water partition coefficient (Wildman–Crippen LogP) is 1.78. The maximum atomic E-state index is 11.1. The van der Waals surface area contributed by atoms with Crippen molar-refractivity contribution in [3.05, 3.63) is 41.5 Å². The molecule has 0 N–H and O–H groups in total. The maximum absolute atomic E-state index is 11.1. The van der Waals surface area contributed by atoms with Gasteiger partial charge in [0.15, 0.2) is 0 Å². The lowest BCUT2D eigenvalue weighted by atomic mass is 9.91. The van der Waals surface area contributed by atoms with E-state index in [1.54, 1.807) is 0 Å². The summed E-state index contributed by atoms with van der Waals surface area (Å²) < 4.78 is 10.5. The number of carbonyl (C=O) groups is 1. The first kappa shape index (κ1) is 11.6. The van der Waals surface area contributed by atoms with Crippen molar-refractivity contribution in [2.45, 2.75) is 25.0 Å². The molecule has 94 valence electrons. The SMILES string of the molecule is C=C(C=O)c1c(CC2CO2)cccc1CC1CO1. The van der Waals surface area contributed by atoms with Crippen LogP contribution in [0.15, 0.2) is 24.8 Å². The minimum atomic E-state index is 0.315. The molecule has 0 amide bonds. The topological polar surface area (TPSA) is 42.1 Å². The van der Waals surface area contributed by atoms with Gasteiger partial charge in [0.05, 0.1) is 25.4 Å². The number of ether oxygens (including phenoxy) is 2. The molecule has 2 heterocycles. The third kappa shape index (κ3) is 2.52. The van der Waals surface area contributed by atoms with E-state index in [2.05, 4.69) is 18.7 Å². The average Bonchev–Trinajstić information content (AvgIpc) is 3.24. The largest absolute Gasteiger partial charge is 0.373 e. The van der Waals surface area contributed by atoms with Gasteiger partial charge in [-0.3, -0.25) is 4.79 Å². The van der Waals surface area contributed by atoms with Crippen LogP contribution >= 0.6 is 0 Å². The molecule has 2 unspecified atom stereocenters. The fourth-order valence-corrected chi connectivity index (χ4v) is 2.33. The zero-order chi connectivity index (χ0) is 12.5. The van der Waals surface area contributed by atoms with Crippen molar-refractivity contribution in [3.8, 4) is 0 Å². The van der Waals surface area contributed by atoms with E-state index >= 15 is 0 Å². The van der Waals surface area contributed by atoms with E-state index in [0.29, 0.717) is 17.8 Å². The Morgan fingerprint density at radius 3 is 2.11 bits per heavy atom. The van der Waals surface area contributed by atoms with Gasteiger partial charge in [-0.25, -0.2) is 0 Å². The van der Waals surface area contributed by atoms with Crippen molar-refractivity contribution in [1.82, 2.24) is 0 Å². The Bertz CT molecular complexity index is 452. The molecule has 0 radical (unpaired) electrons. The number of carbonyl (C=O) groups excluding carboxylic acids is 1. The van der Waals surface area contributed by atoms with Crippen LogP contribution in [0.1, 0.15) is 16.7 Å². The summed E-state index contributed by atoms with van der Waals surface area (Å²) in [5.74, 6) is 0. The lowest BCUT2D eigenvalue weighted by Gasteiger charge is -2.13. The summed E-state index contributed by atoms with van der Waals surface area (Å²) in [6.45, 7) is 5.52. The quantitative estimate of drug-likeness (QED) is 0.435. The molecule has 2 saturated heterocycles. The lowest BCUT2D eigenvalue weighted by molar-refractivity contribution is -0.103. The Hall–Kier alpha value is -1.45. The normalized spacial score (nSPS) is 24.7. The second-order valence-corrected chi connectivity index (χ2v) is 4.91. The Labute approximate surface area is 106 Å². The van der Waals surface area contributed by atoms with Crippen LogP contribution in [0.5, 0.6) is 0 Å². The fraction of sp³-hybridized carbons (Fsp3) is 0.400. The van der Waals surface area contributed by atoms with Gasteiger partial charge in [-0.2, -0.15) is 0 Å². The Morgan fingerprint density at radius 1 is 1.22 bits per heavy atom. The minimum Gasteiger partial charge on any atom is -0.373 e. The third-order valence-electron chi connectivity index (χ3n) is 3.40. The molecule has 0 spiro atoms. The van der Waals surface area contributed by atoms with Crippen LogP contribution in [0.4, 0.5) is 0 Å². The van der Waals surface area contributed by atoms with Crippen LogP contribution in [-0.2, 0) is 27.1 Å². The second-order valence-electron chi connectivity index (χ2n) is 4.91. The smallest absolute Gasteiger partial charge is 0.150 e. The zero-order valence-corrected chi connectivity index (χ0v) is 10.2. The van der Waals surface area contributed by atoms with Gasteiger partial charge in [-0.15, -0.1) is 0 Å². The van der Waals surface area contributed by atoms with Gasteiger partial charge in [0.2, 0.25) is 0 Å². The number of benzene rings is 1. The van der Waals surface area contributed by atoms with Crippen molar-refractivity contribution < 1.29 is 14.3 Å². The van der Waals surface area contributed by atoms with Crippen molar-refractivity contribution >= 4 is 11.9 Å². The van der Waals surface area contributed by atoms with E-state index in [-0.39, 0.29) is 0 Å². The summed E-state index contributed by atoms with van der Waals surface area (Å²) in [6.07, 6.45) is 3.19. The average molecular weight is 244 g/mol. The molecule has 18 heavy (non-hydrogen) atoms. The highest BCUT2D eigenvalue weighted by atomic mass is 16.6. The first-order valence-corrected chi connectivity index (χ1v) is 6.26. The van der Waals surface area contributed by atoms with Gasteiger partial charge in [-0.05, 0) is 16.7 Å². The molecule has 3 rings (SSSR count). The summed E-state index contributed by atoms with van der Waals surface area (Å²) in [6, 6.07) is 6.16. The van der Waals surface area contributed by atoms with Crippen LogP contribution < -0.4 is 0 Å². The summed E-state index contributed by atoms with van der Waals surface area (Å²) in [4.78, 5) is 11.1. The van der Waals surface area contributed by atoms with E-state index in [1.165, 1.54) is 0 Å². The van der Waals surface area contributed by atoms with Crippen molar-refractivity contribution in [2.75, 3.05) is 13.2 Å². The van der Waals surface area contributed by atoms with E-state index in [0.717, 1.165) is 49.0 Å². The second kappa shape index (κ2) is 4.67. The van der Waals surface area contributed by atoms with E-state index in [4.69, 9.17) is 9.47 Å². The Morgan fingerprint density at radius 2 is 1.72 bits per heavy atom. The molecule has 1 aromatic rings.